The maximum atomic E-state index is 12.0. The summed E-state index contributed by atoms with van der Waals surface area (Å²) in [5.41, 5.74) is 6.03. The van der Waals surface area contributed by atoms with Gasteiger partial charge < -0.3 is 16.3 Å². The predicted molar refractivity (Wildman–Crippen MR) is 81.8 cm³/mol. The van der Waals surface area contributed by atoms with Gasteiger partial charge in [0, 0.05) is 20.5 Å². The van der Waals surface area contributed by atoms with Gasteiger partial charge >= 0.3 is 0 Å². The Morgan fingerprint density at radius 1 is 1.67 bits per heavy atom. The Balaban J connectivity index is 2.69. The van der Waals surface area contributed by atoms with Crippen molar-refractivity contribution in [3.8, 4) is 0 Å². The molecule has 7 heteroatoms. The fourth-order valence-electron chi connectivity index (χ4n) is 1.22. The van der Waals surface area contributed by atoms with Gasteiger partial charge in [-0.05, 0) is 40.8 Å². The maximum absolute atomic E-state index is 12.0. The van der Waals surface area contributed by atoms with E-state index in [1.54, 1.807) is 13.0 Å². The summed E-state index contributed by atoms with van der Waals surface area (Å²) in [6.07, 6.45) is 0. The Labute approximate surface area is 127 Å². The van der Waals surface area contributed by atoms with Crippen LogP contribution in [0.5, 0.6) is 0 Å². The van der Waals surface area contributed by atoms with E-state index in [1.165, 1.54) is 0 Å². The van der Waals surface area contributed by atoms with E-state index in [4.69, 9.17) is 10.9 Å². The maximum Gasteiger partial charge on any atom is 0.252 e. The number of nitrogens with two attached hydrogens (primary N) is 1. The molecule has 1 unspecified atom stereocenters. The highest BCUT2D eigenvalue weighted by molar-refractivity contribution is 14.1. The number of nitrogens with one attached hydrogen (secondary N) is 1. The molecule has 5 nitrogen and oxygen atoms in total. The van der Waals surface area contributed by atoms with Gasteiger partial charge in [-0.3, -0.25) is 4.79 Å². The number of amides is 1. The molecule has 0 aromatic heterocycles. The van der Waals surface area contributed by atoms with Crippen molar-refractivity contribution in [2.24, 2.45) is 16.8 Å². The standard InChI is InChI=1S/C11H13BrIN3O2/c1-6(10(14)16-18)5-15-11(17)8-4-7(12)2-3-9(8)13/h2-4,6,18H,5H2,1H3,(H2,14,16)(H,15,17). The van der Waals surface area contributed by atoms with Crippen molar-refractivity contribution in [3.05, 3.63) is 31.8 Å². The molecule has 1 aromatic rings. The molecule has 0 bridgehead atoms. The minimum Gasteiger partial charge on any atom is -0.409 e. The van der Waals surface area contributed by atoms with E-state index in [-0.39, 0.29) is 17.7 Å². The SMILES string of the molecule is CC(CNC(=O)c1cc(Br)ccc1I)/C(N)=N/O. The molecule has 1 atom stereocenters. The molecule has 4 N–H and O–H groups in total. The Hall–Kier alpha value is -0.830. The molecule has 0 radical (unpaired) electrons. The summed E-state index contributed by atoms with van der Waals surface area (Å²) in [7, 11) is 0. The second-order valence-corrected chi connectivity index (χ2v) is 5.84. The molecule has 0 saturated heterocycles. The molecule has 1 amide bonds. The third-order valence-electron chi connectivity index (χ3n) is 2.36. The normalized spacial score (nSPS) is 13.2. The highest BCUT2D eigenvalue weighted by Crippen LogP contribution is 2.18. The number of hydrogen-bond donors (Lipinski definition) is 3. The van der Waals surface area contributed by atoms with Crippen molar-refractivity contribution < 1.29 is 10.0 Å². The van der Waals surface area contributed by atoms with Crippen LogP contribution < -0.4 is 11.1 Å². The van der Waals surface area contributed by atoms with Crippen LogP contribution in [-0.2, 0) is 0 Å². The quantitative estimate of drug-likeness (QED) is 0.227. The van der Waals surface area contributed by atoms with Gasteiger partial charge in [-0.2, -0.15) is 0 Å². The number of amidine groups is 1. The third kappa shape index (κ3) is 4.13. The molecule has 0 spiro atoms. The molecular formula is C11H13BrIN3O2. The molecule has 1 rings (SSSR count). The lowest BCUT2D eigenvalue weighted by Gasteiger charge is -2.12. The topological polar surface area (TPSA) is 87.7 Å². The van der Waals surface area contributed by atoms with Crippen molar-refractivity contribution in [1.29, 1.82) is 0 Å². The van der Waals surface area contributed by atoms with Crippen molar-refractivity contribution in [1.82, 2.24) is 5.32 Å². The smallest absolute Gasteiger partial charge is 0.252 e. The second kappa shape index (κ2) is 6.93. The van der Waals surface area contributed by atoms with Crippen LogP contribution in [0.25, 0.3) is 0 Å². The first-order valence-electron chi connectivity index (χ1n) is 5.16. The van der Waals surface area contributed by atoms with Crippen molar-refractivity contribution in [2.45, 2.75) is 6.92 Å². The first-order chi connectivity index (χ1) is 8.45. The molecule has 0 fully saturated rings. The van der Waals surface area contributed by atoms with Crippen molar-refractivity contribution in [2.75, 3.05) is 6.54 Å². The molecule has 1 aromatic carbocycles. The second-order valence-electron chi connectivity index (χ2n) is 3.76. The van der Waals surface area contributed by atoms with Gasteiger partial charge in [-0.1, -0.05) is 28.0 Å². The van der Waals surface area contributed by atoms with Crippen LogP contribution in [0.4, 0.5) is 0 Å². The van der Waals surface area contributed by atoms with E-state index in [2.05, 4.69) is 49.0 Å². The summed E-state index contributed by atoms with van der Waals surface area (Å²) in [6.45, 7) is 2.08. The van der Waals surface area contributed by atoms with E-state index in [9.17, 15) is 4.79 Å². The lowest BCUT2D eigenvalue weighted by Crippen LogP contribution is -2.35. The highest BCUT2D eigenvalue weighted by Gasteiger charge is 2.13. The number of rotatable bonds is 4. The predicted octanol–water partition coefficient (Wildman–Crippen LogP) is 2.17. The minimum absolute atomic E-state index is 0.0965. The Morgan fingerprint density at radius 2 is 2.33 bits per heavy atom. The van der Waals surface area contributed by atoms with Gasteiger partial charge in [0.1, 0.15) is 5.84 Å². The number of benzene rings is 1. The van der Waals surface area contributed by atoms with E-state index in [1.807, 2.05) is 12.1 Å². The van der Waals surface area contributed by atoms with Gasteiger partial charge in [0.2, 0.25) is 0 Å². The summed E-state index contributed by atoms with van der Waals surface area (Å²) in [5, 5.41) is 14.2. The Kier molecular flexibility index (Phi) is 5.86. The Bertz CT molecular complexity index is 479. The van der Waals surface area contributed by atoms with Gasteiger partial charge in [-0.15, -0.1) is 0 Å². The number of halogens is 2. The number of hydrogen-bond acceptors (Lipinski definition) is 3. The largest absolute Gasteiger partial charge is 0.409 e. The molecule has 0 aliphatic heterocycles. The summed E-state index contributed by atoms with van der Waals surface area (Å²) in [6, 6.07) is 5.48. The molecule has 98 valence electrons. The number of carbonyl (C=O) groups excluding carboxylic acids is 1. The highest BCUT2D eigenvalue weighted by atomic mass is 127. The monoisotopic (exact) mass is 425 g/mol. The summed E-state index contributed by atoms with van der Waals surface area (Å²) < 4.78 is 1.71. The van der Waals surface area contributed by atoms with Gasteiger partial charge in [0.05, 0.1) is 5.56 Å². The molecule has 0 aliphatic rings. The first kappa shape index (κ1) is 15.2. The van der Waals surface area contributed by atoms with Crippen molar-refractivity contribution in [3.63, 3.8) is 0 Å². The van der Waals surface area contributed by atoms with E-state index in [0.717, 1.165) is 8.04 Å². The fraction of sp³-hybridized carbons (Fsp3) is 0.273. The fourth-order valence-corrected chi connectivity index (χ4v) is 2.16. The van der Waals surface area contributed by atoms with Gasteiger partial charge in [0.15, 0.2) is 0 Å². The first-order valence-corrected chi connectivity index (χ1v) is 7.03. The summed E-state index contributed by atoms with van der Waals surface area (Å²) in [4.78, 5) is 12.0. The van der Waals surface area contributed by atoms with Crippen LogP contribution in [0.2, 0.25) is 0 Å². The summed E-state index contributed by atoms with van der Waals surface area (Å²) in [5.74, 6) is -0.304. The van der Waals surface area contributed by atoms with Crippen LogP contribution in [-0.4, -0.2) is 23.5 Å². The molecule has 0 heterocycles. The number of carbonyl (C=O) groups is 1. The zero-order chi connectivity index (χ0) is 13.7. The van der Waals surface area contributed by atoms with Crippen molar-refractivity contribution >= 4 is 50.3 Å². The van der Waals surface area contributed by atoms with Crippen LogP contribution in [0, 0.1) is 9.49 Å². The van der Waals surface area contributed by atoms with Gasteiger partial charge in [0.25, 0.3) is 5.91 Å². The van der Waals surface area contributed by atoms with E-state index >= 15 is 0 Å². The lowest BCUT2D eigenvalue weighted by molar-refractivity contribution is 0.0950. The van der Waals surface area contributed by atoms with E-state index < -0.39 is 0 Å². The zero-order valence-corrected chi connectivity index (χ0v) is 13.4. The summed E-state index contributed by atoms with van der Waals surface area (Å²) >= 11 is 5.42. The average Bonchev–Trinajstić information content (AvgIpc) is 2.37. The minimum atomic E-state index is -0.219. The van der Waals surface area contributed by atoms with Crippen LogP contribution in [0.3, 0.4) is 0 Å². The number of oxime groups is 1. The van der Waals surface area contributed by atoms with Crippen LogP contribution in [0.15, 0.2) is 27.8 Å². The van der Waals surface area contributed by atoms with Crippen LogP contribution in [0.1, 0.15) is 17.3 Å². The lowest BCUT2D eigenvalue weighted by atomic mass is 10.1. The third-order valence-corrected chi connectivity index (χ3v) is 3.80. The number of nitrogens with zero attached hydrogens (tertiary/aromatic N) is 1. The van der Waals surface area contributed by atoms with Gasteiger partial charge in [-0.25, -0.2) is 0 Å². The molecular weight excluding hydrogens is 413 g/mol. The zero-order valence-electron chi connectivity index (χ0n) is 9.65. The molecule has 0 aliphatic carbocycles. The van der Waals surface area contributed by atoms with E-state index in [0.29, 0.717) is 12.1 Å². The average molecular weight is 426 g/mol. The molecule has 18 heavy (non-hydrogen) atoms. The van der Waals surface area contributed by atoms with Crippen LogP contribution >= 0.6 is 38.5 Å². The Morgan fingerprint density at radius 3 is 2.94 bits per heavy atom. The molecule has 0 saturated carbocycles.